The van der Waals surface area contributed by atoms with Crippen molar-refractivity contribution in [2.24, 2.45) is 0 Å². The molecule has 0 unspecified atom stereocenters. The Balaban J connectivity index is 2.40. The lowest BCUT2D eigenvalue weighted by Crippen LogP contribution is -2.48. The maximum Gasteiger partial charge on any atom is 0.337 e. The second-order valence-corrected chi connectivity index (χ2v) is 6.74. The van der Waals surface area contributed by atoms with Crippen LogP contribution < -0.4 is 5.32 Å². The van der Waals surface area contributed by atoms with Gasteiger partial charge < -0.3 is 19.9 Å². The summed E-state index contributed by atoms with van der Waals surface area (Å²) in [6.07, 6.45) is 0.844. The van der Waals surface area contributed by atoms with Crippen molar-refractivity contribution in [2.45, 2.75) is 19.4 Å². The van der Waals surface area contributed by atoms with Gasteiger partial charge in [0, 0.05) is 12.2 Å². The molecule has 0 aliphatic carbocycles. The lowest BCUT2D eigenvalue weighted by atomic mass is 9.94. The molecule has 1 atom stereocenters. The van der Waals surface area contributed by atoms with Gasteiger partial charge in [-0.05, 0) is 63.9 Å². The Bertz CT molecular complexity index is 737. The molecule has 142 valence electrons. The molecule has 2 rings (SSSR count). The normalized spacial score (nSPS) is 17.6. The summed E-state index contributed by atoms with van der Waals surface area (Å²) in [5.74, 6) is -2.46. The zero-order valence-corrected chi connectivity index (χ0v) is 16.1. The average molecular weight is 383 g/mol. The number of hydrogen-bond donors (Lipinski definition) is 1. The van der Waals surface area contributed by atoms with Crippen LogP contribution in [0.1, 0.15) is 24.9 Å². The van der Waals surface area contributed by atoms with E-state index < -0.39 is 23.6 Å². The van der Waals surface area contributed by atoms with E-state index in [4.69, 9.17) is 17.0 Å². The van der Waals surface area contributed by atoms with Gasteiger partial charge in [0.15, 0.2) is 16.7 Å². The molecule has 0 spiro atoms. The van der Waals surface area contributed by atoms with Crippen molar-refractivity contribution in [3.63, 3.8) is 0 Å². The SMILES string of the molecule is COC(=O)C1=C(C)N(CCCN(C)C)C(=S)N[C@@H]1c1ccc(F)c(F)c1. The van der Waals surface area contributed by atoms with Crippen LogP contribution in [0.2, 0.25) is 0 Å². The number of carbonyl (C=O) groups excluding carboxylic acids is 1. The summed E-state index contributed by atoms with van der Waals surface area (Å²) >= 11 is 5.44. The van der Waals surface area contributed by atoms with E-state index in [9.17, 15) is 13.6 Å². The summed E-state index contributed by atoms with van der Waals surface area (Å²) in [6.45, 7) is 3.27. The summed E-state index contributed by atoms with van der Waals surface area (Å²) in [5, 5.41) is 3.49. The molecule has 1 N–H and O–H groups in total. The third-order valence-corrected chi connectivity index (χ3v) is 4.60. The number of esters is 1. The highest BCUT2D eigenvalue weighted by Gasteiger charge is 2.34. The number of allylic oxidation sites excluding steroid dienone is 1. The Hall–Kier alpha value is -2.06. The highest BCUT2D eigenvalue weighted by molar-refractivity contribution is 7.80. The minimum atomic E-state index is -0.981. The minimum absolute atomic E-state index is 0.331. The smallest absolute Gasteiger partial charge is 0.337 e. The van der Waals surface area contributed by atoms with Crippen molar-refractivity contribution in [1.29, 1.82) is 0 Å². The Morgan fingerprint density at radius 2 is 2.04 bits per heavy atom. The Kier molecular flexibility index (Phi) is 6.66. The number of nitrogens with one attached hydrogen (secondary N) is 1. The van der Waals surface area contributed by atoms with Gasteiger partial charge in [0.25, 0.3) is 0 Å². The van der Waals surface area contributed by atoms with E-state index in [-0.39, 0.29) is 0 Å². The summed E-state index contributed by atoms with van der Waals surface area (Å²) < 4.78 is 31.9. The number of carbonyl (C=O) groups is 1. The van der Waals surface area contributed by atoms with Crippen LogP contribution in [-0.2, 0) is 9.53 Å². The fourth-order valence-corrected chi connectivity index (χ4v) is 3.26. The monoisotopic (exact) mass is 383 g/mol. The van der Waals surface area contributed by atoms with Gasteiger partial charge in [-0.1, -0.05) is 6.07 Å². The molecule has 0 bridgehead atoms. The van der Waals surface area contributed by atoms with Crippen molar-refractivity contribution in [3.05, 3.63) is 46.7 Å². The number of halogens is 2. The predicted octanol–water partition coefficient (Wildman–Crippen LogP) is 2.59. The van der Waals surface area contributed by atoms with Crippen LogP contribution in [0.25, 0.3) is 0 Å². The first-order valence-corrected chi connectivity index (χ1v) is 8.63. The lowest BCUT2D eigenvalue weighted by molar-refractivity contribution is -0.136. The maximum atomic E-state index is 13.7. The van der Waals surface area contributed by atoms with Crippen LogP contribution in [0, 0.1) is 11.6 Å². The topological polar surface area (TPSA) is 44.8 Å². The number of thiocarbonyl (C=S) groups is 1. The molecule has 1 aliphatic heterocycles. The molecule has 1 aliphatic rings. The van der Waals surface area contributed by atoms with E-state index in [1.165, 1.54) is 13.2 Å². The van der Waals surface area contributed by atoms with Crippen LogP contribution in [0.5, 0.6) is 0 Å². The molecule has 8 heteroatoms. The first-order valence-electron chi connectivity index (χ1n) is 8.23. The molecule has 0 aromatic heterocycles. The summed E-state index contributed by atoms with van der Waals surface area (Å²) in [6, 6.07) is 2.82. The number of ether oxygens (including phenoxy) is 1. The molecule has 0 fully saturated rings. The van der Waals surface area contributed by atoms with Crippen molar-refractivity contribution in [2.75, 3.05) is 34.3 Å². The van der Waals surface area contributed by atoms with Crippen LogP contribution in [0.4, 0.5) is 8.78 Å². The largest absolute Gasteiger partial charge is 0.466 e. The Morgan fingerprint density at radius 1 is 1.35 bits per heavy atom. The molecule has 1 heterocycles. The molecular formula is C18H23F2N3O2S. The molecule has 26 heavy (non-hydrogen) atoms. The van der Waals surface area contributed by atoms with Crippen LogP contribution in [-0.4, -0.2) is 55.2 Å². The zero-order chi connectivity index (χ0) is 19.4. The fourth-order valence-electron chi connectivity index (χ4n) is 2.91. The van der Waals surface area contributed by atoms with E-state index in [2.05, 4.69) is 10.2 Å². The Morgan fingerprint density at radius 3 is 2.62 bits per heavy atom. The second kappa shape index (κ2) is 8.55. The summed E-state index contributed by atoms with van der Waals surface area (Å²) in [7, 11) is 5.25. The van der Waals surface area contributed by atoms with Gasteiger partial charge in [-0.2, -0.15) is 0 Å². The molecule has 0 saturated heterocycles. The van der Waals surface area contributed by atoms with Crippen molar-refractivity contribution in [1.82, 2.24) is 15.1 Å². The second-order valence-electron chi connectivity index (χ2n) is 6.36. The summed E-state index contributed by atoms with van der Waals surface area (Å²) in [4.78, 5) is 16.3. The van der Waals surface area contributed by atoms with Gasteiger partial charge in [-0.3, -0.25) is 0 Å². The standard InChI is InChI=1S/C18H23F2N3O2S/c1-11-15(17(24)25-4)16(12-6-7-13(19)14(20)10-12)21-18(26)23(11)9-5-8-22(2)3/h6-7,10,16H,5,8-9H2,1-4H3,(H,21,26)/t16-/m1/s1. The molecule has 0 saturated carbocycles. The van der Waals surface area contributed by atoms with Crippen LogP contribution >= 0.6 is 12.2 Å². The predicted molar refractivity (Wildman–Crippen MR) is 99.4 cm³/mol. The van der Waals surface area contributed by atoms with E-state index in [1.54, 1.807) is 6.92 Å². The van der Waals surface area contributed by atoms with Crippen LogP contribution in [0.15, 0.2) is 29.5 Å². The number of rotatable bonds is 6. The number of hydrogen-bond acceptors (Lipinski definition) is 4. The lowest BCUT2D eigenvalue weighted by Gasteiger charge is -2.37. The molecule has 1 aromatic rings. The quantitative estimate of drug-likeness (QED) is 0.602. The van der Waals surface area contributed by atoms with E-state index in [1.807, 2.05) is 19.0 Å². The third kappa shape index (κ3) is 4.37. The molecule has 0 radical (unpaired) electrons. The van der Waals surface area contributed by atoms with E-state index in [0.717, 1.165) is 25.1 Å². The van der Waals surface area contributed by atoms with Crippen molar-refractivity contribution >= 4 is 23.3 Å². The maximum absolute atomic E-state index is 13.7. The number of benzene rings is 1. The molecular weight excluding hydrogens is 360 g/mol. The van der Waals surface area contributed by atoms with Gasteiger partial charge in [0.05, 0.1) is 18.7 Å². The van der Waals surface area contributed by atoms with Gasteiger partial charge in [-0.15, -0.1) is 0 Å². The van der Waals surface area contributed by atoms with Crippen molar-refractivity contribution < 1.29 is 18.3 Å². The van der Waals surface area contributed by atoms with Crippen molar-refractivity contribution in [3.8, 4) is 0 Å². The molecule has 0 amide bonds. The van der Waals surface area contributed by atoms with Gasteiger partial charge in [0.2, 0.25) is 0 Å². The highest BCUT2D eigenvalue weighted by Crippen LogP contribution is 2.32. The number of methoxy groups -OCH3 is 1. The first kappa shape index (κ1) is 20.3. The zero-order valence-electron chi connectivity index (χ0n) is 15.3. The first-order chi connectivity index (χ1) is 12.3. The van der Waals surface area contributed by atoms with Crippen LogP contribution in [0.3, 0.4) is 0 Å². The van der Waals surface area contributed by atoms with E-state index >= 15 is 0 Å². The minimum Gasteiger partial charge on any atom is -0.466 e. The average Bonchev–Trinajstić information content (AvgIpc) is 2.58. The van der Waals surface area contributed by atoms with Gasteiger partial charge in [0.1, 0.15) is 0 Å². The molecule has 5 nitrogen and oxygen atoms in total. The van der Waals surface area contributed by atoms with Gasteiger partial charge in [-0.25, -0.2) is 13.6 Å². The highest BCUT2D eigenvalue weighted by atomic mass is 32.1. The molecule has 1 aromatic carbocycles. The summed E-state index contributed by atoms with van der Waals surface area (Å²) in [5.41, 5.74) is 1.38. The Labute approximate surface area is 157 Å². The van der Waals surface area contributed by atoms with Gasteiger partial charge >= 0.3 is 5.97 Å². The third-order valence-electron chi connectivity index (χ3n) is 4.27. The fraction of sp³-hybridized carbons (Fsp3) is 0.444. The number of nitrogens with zero attached hydrogens (tertiary/aromatic N) is 2. The van der Waals surface area contributed by atoms with E-state index in [0.29, 0.717) is 28.5 Å².